The predicted molar refractivity (Wildman–Crippen MR) is 65.3 cm³/mol. The minimum Gasteiger partial charge on any atom is -0.381 e. The first kappa shape index (κ1) is 12.8. The van der Waals surface area contributed by atoms with Crippen molar-refractivity contribution >= 4 is 11.4 Å². The number of nitrogens with zero attached hydrogens (tertiary/aromatic N) is 2. The van der Waals surface area contributed by atoms with Gasteiger partial charge in [0, 0.05) is 26.3 Å². The molecule has 1 aliphatic heterocycles. The van der Waals surface area contributed by atoms with E-state index in [1.54, 1.807) is 7.11 Å². The lowest BCUT2D eigenvalue weighted by Crippen LogP contribution is -2.37. The third kappa shape index (κ3) is 2.59. The van der Waals surface area contributed by atoms with Gasteiger partial charge in [-0.25, -0.2) is 4.39 Å². The Balaban J connectivity index is 2.12. The topological polar surface area (TPSA) is 55.6 Å². The molecule has 1 fully saturated rings. The average molecular weight is 254 g/mol. The number of hydrogen-bond acceptors (Lipinski definition) is 4. The van der Waals surface area contributed by atoms with Gasteiger partial charge in [0.25, 0.3) is 5.69 Å². The Kier molecular flexibility index (Phi) is 3.76. The van der Waals surface area contributed by atoms with E-state index in [0.717, 1.165) is 18.9 Å². The molecule has 0 atom stereocenters. The maximum atomic E-state index is 13.8. The Morgan fingerprint density at radius 2 is 2.11 bits per heavy atom. The van der Waals surface area contributed by atoms with Crippen LogP contribution in [0.1, 0.15) is 12.8 Å². The SMILES string of the molecule is COC1CCN(c2ccc([N+](=O)[O-])cc2F)CC1. The number of benzene rings is 1. The first-order valence-corrected chi connectivity index (χ1v) is 5.83. The fourth-order valence-electron chi connectivity index (χ4n) is 2.20. The number of non-ortho nitro benzene ring substituents is 1. The Morgan fingerprint density at radius 3 is 2.61 bits per heavy atom. The van der Waals surface area contributed by atoms with Gasteiger partial charge >= 0.3 is 0 Å². The van der Waals surface area contributed by atoms with Gasteiger partial charge in [-0.3, -0.25) is 10.1 Å². The maximum Gasteiger partial charge on any atom is 0.272 e. The van der Waals surface area contributed by atoms with Gasteiger partial charge in [0.15, 0.2) is 5.82 Å². The molecule has 5 nitrogen and oxygen atoms in total. The molecule has 0 unspecified atom stereocenters. The number of rotatable bonds is 3. The number of nitro benzene ring substituents is 1. The Hall–Kier alpha value is -1.69. The molecule has 18 heavy (non-hydrogen) atoms. The van der Waals surface area contributed by atoms with Gasteiger partial charge in [-0.1, -0.05) is 0 Å². The van der Waals surface area contributed by atoms with Gasteiger partial charge in [-0.05, 0) is 18.9 Å². The molecule has 98 valence electrons. The van der Waals surface area contributed by atoms with Crippen LogP contribution in [0.15, 0.2) is 18.2 Å². The van der Waals surface area contributed by atoms with Crippen molar-refractivity contribution in [3.63, 3.8) is 0 Å². The summed E-state index contributed by atoms with van der Waals surface area (Å²) in [6.07, 6.45) is 1.90. The van der Waals surface area contributed by atoms with Crippen LogP contribution in [0.4, 0.5) is 15.8 Å². The smallest absolute Gasteiger partial charge is 0.272 e. The third-order valence-electron chi connectivity index (χ3n) is 3.26. The van der Waals surface area contributed by atoms with Crippen molar-refractivity contribution in [2.24, 2.45) is 0 Å². The summed E-state index contributed by atoms with van der Waals surface area (Å²) in [7, 11) is 1.67. The van der Waals surface area contributed by atoms with Crippen LogP contribution in [0.3, 0.4) is 0 Å². The van der Waals surface area contributed by atoms with E-state index in [1.807, 2.05) is 4.90 Å². The van der Waals surface area contributed by atoms with Gasteiger partial charge in [-0.15, -0.1) is 0 Å². The van der Waals surface area contributed by atoms with Gasteiger partial charge in [0.2, 0.25) is 0 Å². The molecule has 0 N–H and O–H groups in total. The van der Waals surface area contributed by atoms with E-state index < -0.39 is 10.7 Å². The molecule has 0 spiro atoms. The highest BCUT2D eigenvalue weighted by atomic mass is 19.1. The van der Waals surface area contributed by atoms with Gasteiger partial charge in [0.1, 0.15) is 0 Å². The average Bonchev–Trinajstić information content (AvgIpc) is 2.38. The highest BCUT2D eigenvalue weighted by molar-refractivity contribution is 5.52. The van der Waals surface area contributed by atoms with E-state index >= 15 is 0 Å². The first-order valence-electron chi connectivity index (χ1n) is 5.83. The fourth-order valence-corrected chi connectivity index (χ4v) is 2.20. The number of methoxy groups -OCH3 is 1. The normalized spacial score (nSPS) is 16.9. The number of hydrogen-bond donors (Lipinski definition) is 0. The summed E-state index contributed by atoms with van der Waals surface area (Å²) in [5.41, 5.74) is 0.207. The molecule has 6 heteroatoms. The van der Waals surface area contributed by atoms with Crippen molar-refractivity contribution in [2.75, 3.05) is 25.1 Å². The molecule has 1 heterocycles. The largest absolute Gasteiger partial charge is 0.381 e. The van der Waals surface area contributed by atoms with Crippen LogP contribution in [0, 0.1) is 15.9 Å². The van der Waals surface area contributed by atoms with Gasteiger partial charge < -0.3 is 9.64 Å². The molecule has 0 amide bonds. The number of anilines is 1. The van der Waals surface area contributed by atoms with Crippen LogP contribution in [-0.2, 0) is 4.74 Å². The summed E-state index contributed by atoms with van der Waals surface area (Å²) in [6, 6.07) is 3.78. The zero-order valence-corrected chi connectivity index (χ0v) is 10.1. The van der Waals surface area contributed by atoms with Crippen molar-refractivity contribution < 1.29 is 14.1 Å². The molecule has 0 radical (unpaired) electrons. The second-order valence-electron chi connectivity index (χ2n) is 4.31. The zero-order chi connectivity index (χ0) is 13.1. The number of piperidine rings is 1. The summed E-state index contributed by atoms with van der Waals surface area (Å²) in [6.45, 7) is 1.40. The van der Waals surface area contributed by atoms with E-state index in [0.29, 0.717) is 18.8 Å². The molecular formula is C12H15FN2O3. The summed E-state index contributed by atoms with van der Waals surface area (Å²) >= 11 is 0. The molecule has 0 bridgehead atoms. The number of halogens is 1. The van der Waals surface area contributed by atoms with Crippen molar-refractivity contribution in [3.8, 4) is 0 Å². The summed E-state index contributed by atoms with van der Waals surface area (Å²) < 4.78 is 19.0. The Bertz CT molecular complexity index is 445. The number of nitro groups is 1. The molecule has 2 rings (SSSR count). The lowest BCUT2D eigenvalue weighted by molar-refractivity contribution is -0.385. The second-order valence-corrected chi connectivity index (χ2v) is 4.31. The van der Waals surface area contributed by atoms with E-state index in [4.69, 9.17) is 4.74 Å². The van der Waals surface area contributed by atoms with Crippen LogP contribution < -0.4 is 4.90 Å². The van der Waals surface area contributed by atoms with Crippen molar-refractivity contribution in [1.82, 2.24) is 0 Å². The molecule has 0 saturated carbocycles. The first-order chi connectivity index (χ1) is 8.61. The van der Waals surface area contributed by atoms with Crippen molar-refractivity contribution in [1.29, 1.82) is 0 Å². The van der Waals surface area contributed by atoms with E-state index in [-0.39, 0.29) is 11.8 Å². The molecular weight excluding hydrogens is 239 g/mol. The van der Waals surface area contributed by atoms with Crippen LogP contribution in [0.2, 0.25) is 0 Å². The number of ether oxygens (including phenoxy) is 1. The Morgan fingerprint density at radius 1 is 1.44 bits per heavy atom. The van der Waals surface area contributed by atoms with Crippen molar-refractivity contribution in [3.05, 3.63) is 34.1 Å². The highest BCUT2D eigenvalue weighted by Gasteiger charge is 2.22. The lowest BCUT2D eigenvalue weighted by Gasteiger charge is -2.33. The van der Waals surface area contributed by atoms with Crippen LogP contribution >= 0.6 is 0 Å². The van der Waals surface area contributed by atoms with Crippen LogP contribution in [0.5, 0.6) is 0 Å². The molecule has 0 aromatic heterocycles. The third-order valence-corrected chi connectivity index (χ3v) is 3.26. The minimum absolute atomic E-state index is 0.219. The summed E-state index contributed by atoms with van der Waals surface area (Å²) in [5, 5.41) is 10.5. The van der Waals surface area contributed by atoms with Gasteiger partial charge in [-0.2, -0.15) is 0 Å². The van der Waals surface area contributed by atoms with Crippen LogP contribution in [-0.4, -0.2) is 31.2 Å². The predicted octanol–water partition coefficient (Wildman–Crippen LogP) is 2.35. The molecule has 0 aliphatic carbocycles. The summed E-state index contributed by atoms with van der Waals surface area (Å²) in [5.74, 6) is -0.542. The highest BCUT2D eigenvalue weighted by Crippen LogP contribution is 2.27. The minimum atomic E-state index is -0.593. The molecule has 1 saturated heterocycles. The van der Waals surface area contributed by atoms with E-state index in [9.17, 15) is 14.5 Å². The monoisotopic (exact) mass is 254 g/mol. The van der Waals surface area contributed by atoms with E-state index in [1.165, 1.54) is 12.1 Å². The maximum absolute atomic E-state index is 13.8. The second kappa shape index (κ2) is 5.30. The lowest BCUT2D eigenvalue weighted by atomic mass is 10.1. The van der Waals surface area contributed by atoms with Gasteiger partial charge in [0.05, 0.1) is 22.8 Å². The molecule has 1 aromatic rings. The van der Waals surface area contributed by atoms with Crippen molar-refractivity contribution in [2.45, 2.75) is 18.9 Å². The quantitative estimate of drug-likeness (QED) is 0.613. The van der Waals surface area contributed by atoms with E-state index in [2.05, 4.69) is 0 Å². The summed E-state index contributed by atoms with van der Waals surface area (Å²) in [4.78, 5) is 11.8. The molecule has 1 aliphatic rings. The zero-order valence-electron chi connectivity index (χ0n) is 10.1. The fraction of sp³-hybridized carbons (Fsp3) is 0.500. The van der Waals surface area contributed by atoms with Crippen LogP contribution in [0.25, 0.3) is 0 Å². The Labute approximate surface area is 104 Å². The molecule has 1 aromatic carbocycles. The standard InChI is InChI=1S/C12H15FN2O3/c1-18-10-4-6-14(7-5-10)12-3-2-9(15(16)17)8-11(12)13/h2-3,8,10H,4-7H2,1H3.